The highest BCUT2D eigenvalue weighted by Gasteiger charge is 2.34. The molecular weight excluding hydrogens is 258 g/mol. The summed E-state index contributed by atoms with van der Waals surface area (Å²) in [5.74, 6) is 0.110. The molecule has 2 saturated heterocycles. The van der Waals surface area contributed by atoms with Crippen molar-refractivity contribution in [3.05, 3.63) is 11.8 Å². The molecule has 2 aliphatic rings. The van der Waals surface area contributed by atoms with Crippen LogP contribution in [0.3, 0.4) is 0 Å². The van der Waals surface area contributed by atoms with Crippen LogP contribution in [0, 0.1) is 0 Å². The zero-order valence-electron chi connectivity index (χ0n) is 11.4. The number of hydrogen-bond donors (Lipinski definition) is 3. The van der Waals surface area contributed by atoms with Crippen LogP contribution in [0.2, 0.25) is 0 Å². The van der Waals surface area contributed by atoms with Gasteiger partial charge >= 0.3 is 0 Å². The van der Waals surface area contributed by atoms with Crippen LogP contribution in [0.5, 0.6) is 5.88 Å². The van der Waals surface area contributed by atoms with Gasteiger partial charge in [-0.05, 0) is 25.7 Å². The third-order valence-electron chi connectivity index (χ3n) is 4.02. The van der Waals surface area contributed by atoms with Gasteiger partial charge in [-0.25, -0.2) is 4.98 Å². The summed E-state index contributed by atoms with van der Waals surface area (Å²) in [6.07, 6.45) is 5.75. The number of hydrogen-bond acceptors (Lipinski definition) is 6. The van der Waals surface area contributed by atoms with Crippen molar-refractivity contribution in [1.29, 1.82) is 0 Å². The maximum Gasteiger partial charge on any atom is 0.258 e. The van der Waals surface area contributed by atoms with E-state index in [1.807, 2.05) is 0 Å². The van der Waals surface area contributed by atoms with E-state index >= 15 is 0 Å². The first-order chi connectivity index (χ1) is 9.65. The van der Waals surface area contributed by atoms with Gasteiger partial charge in [-0.15, -0.1) is 0 Å². The molecule has 7 nitrogen and oxygen atoms in total. The predicted octanol–water partition coefficient (Wildman–Crippen LogP) is 0.0802. The summed E-state index contributed by atoms with van der Waals surface area (Å²) in [5, 5.41) is 6.60. The topological polar surface area (TPSA) is 102 Å². The van der Waals surface area contributed by atoms with E-state index in [2.05, 4.69) is 20.6 Å². The van der Waals surface area contributed by atoms with E-state index in [1.165, 1.54) is 26.1 Å². The molecule has 0 spiro atoms. The largest absolute Gasteiger partial charge is 0.480 e. The van der Waals surface area contributed by atoms with Gasteiger partial charge in [0.1, 0.15) is 5.56 Å². The van der Waals surface area contributed by atoms with Crippen molar-refractivity contribution >= 4 is 11.9 Å². The number of amides is 1. The standard InChI is InChI=1S/C13H19N5O2/c1-20-12-10(6-15-13(14)18-12)11(19)17-9-4-7-2-3-8(5-9)16-7/h6-9,16H,2-5H2,1H3,(H,17,19)(H2,14,15,18). The number of nitrogens with one attached hydrogen (secondary N) is 2. The third-order valence-corrected chi connectivity index (χ3v) is 4.02. The zero-order chi connectivity index (χ0) is 14.1. The third kappa shape index (κ3) is 2.53. The molecule has 2 atom stereocenters. The molecule has 0 saturated carbocycles. The lowest BCUT2D eigenvalue weighted by Gasteiger charge is -2.29. The van der Waals surface area contributed by atoms with Gasteiger partial charge in [-0.2, -0.15) is 4.98 Å². The molecule has 2 fully saturated rings. The average Bonchev–Trinajstić information content (AvgIpc) is 2.77. The summed E-state index contributed by atoms with van der Waals surface area (Å²) < 4.78 is 5.09. The number of ether oxygens (including phenoxy) is 1. The van der Waals surface area contributed by atoms with E-state index < -0.39 is 0 Å². The number of methoxy groups -OCH3 is 1. The Hall–Kier alpha value is -1.89. The minimum Gasteiger partial charge on any atom is -0.480 e. The smallest absolute Gasteiger partial charge is 0.258 e. The van der Waals surface area contributed by atoms with Gasteiger partial charge in [-0.3, -0.25) is 4.79 Å². The maximum absolute atomic E-state index is 12.3. The number of fused-ring (bicyclic) bond motifs is 2. The average molecular weight is 277 g/mol. The summed E-state index contributed by atoms with van der Waals surface area (Å²) in [6, 6.07) is 1.26. The Morgan fingerprint density at radius 3 is 2.80 bits per heavy atom. The predicted molar refractivity (Wildman–Crippen MR) is 73.4 cm³/mol. The van der Waals surface area contributed by atoms with Crippen molar-refractivity contribution in [2.24, 2.45) is 0 Å². The van der Waals surface area contributed by atoms with E-state index in [9.17, 15) is 4.79 Å². The van der Waals surface area contributed by atoms with Crippen molar-refractivity contribution in [1.82, 2.24) is 20.6 Å². The Balaban J connectivity index is 1.70. The fourth-order valence-corrected chi connectivity index (χ4v) is 3.13. The molecule has 3 rings (SSSR count). The van der Waals surface area contributed by atoms with Crippen LogP contribution in [-0.4, -0.2) is 41.1 Å². The van der Waals surface area contributed by atoms with E-state index in [4.69, 9.17) is 10.5 Å². The van der Waals surface area contributed by atoms with E-state index in [-0.39, 0.29) is 23.8 Å². The van der Waals surface area contributed by atoms with Crippen LogP contribution >= 0.6 is 0 Å². The van der Waals surface area contributed by atoms with Crippen molar-refractivity contribution < 1.29 is 9.53 Å². The first-order valence-electron chi connectivity index (χ1n) is 6.89. The Labute approximate surface area is 117 Å². The van der Waals surface area contributed by atoms with E-state index in [0.29, 0.717) is 17.6 Å². The number of carbonyl (C=O) groups is 1. The molecule has 20 heavy (non-hydrogen) atoms. The highest BCUT2D eigenvalue weighted by molar-refractivity contribution is 5.96. The fraction of sp³-hybridized carbons (Fsp3) is 0.615. The van der Waals surface area contributed by atoms with Crippen molar-refractivity contribution in [3.63, 3.8) is 0 Å². The molecule has 2 aliphatic heterocycles. The van der Waals surface area contributed by atoms with Gasteiger partial charge in [0, 0.05) is 24.3 Å². The summed E-state index contributed by atoms with van der Waals surface area (Å²) >= 11 is 0. The number of carbonyl (C=O) groups excluding carboxylic acids is 1. The molecule has 3 heterocycles. The zero-order valence-corrected chi connectivity index (χ0v) is 11.4. The normalized spacial score (nSPS) is 28.1. The monoisotopic (exact) mass is 277 g/mol. The molecule has 2 unspecified atom stereocenters. The number of aromatic nitrogens is 2. The van der Waals surface area contributed by atoms with Crippen molar-refractivity contribution in [2.75, 3.05) is 12.8 Å². The first kappa shape index (κ1) is 13.1. The number of nitrogens with zero attached hydrogens (tertiary/aromatic N) is 2. The molecule has 1 aromatic rings. The molecule has 4 N–H and O–H groups in total. The van der Waals surface area contributed by atoms with Gasteiger partial charge in [0.25, 0.3) is 5.91 Å². The molecule has 108 valence electrons. The van der Waals surface area contributed by atoms with Crippen LogP contribution in [0.4, 0.5) is 5.95 Å². The second-order valence-electron chi connectivity index (χ2n) is 5.43. The van der Waals surface area contributed by atoms with E-state index in [1.54, 1.807) is 0 Å². The van der Waals surface area contributed by atoms with Gasteiger partial charge < -0.3 is 21.1 Å². The quantitative estimate of drug-likeness (QED) is 0.723. The number of nitrogen functional groups attached to an aromatic ring is 1. The van der Waals surface area contributed by atoms with Gasteiger partial charge in [0.15, 0.2) is 0 Å². The highest BCUT2D eigenvalue weighted by atomic mass is 16.5. The molecular formula is C13H19N5O2. The Kier molecular flexibility index (Phi) is 3.43. The fourth-order valence-electron chi connectivity index (χ4n) is 3.13. The molecule has 1 aromatic heterocycles. The SMILES string of the molecule is COc1nc(N)ncc1C(=O)NC1CC2CCC(C1)N2. The number of anilines is 1. The second-order valence-corrected chi connectivity index (χ2v) is 5.43. The lowest BCUT2D eigenvalue weighted by Crippen LogP contribution is -2.48. The van der Waals surface area contributed by atoms with Crippen LogP contribution in [0.1, 0.15) is 36.0 Å². The van der Waals surface area contributed by atoms with Crippen molar-refractivity contribution in [3.8, 4) is 5.88 Å². The molecule has 1 amide bonds. The second kappa shape index (κ2) is 5.24. The van der Waals surface area contributed by atoms with Crippen molar-refractivity contribution in [2.45, 2.75) is 43.8 Å². The van der Waals surface area contributed by atoms with E-state index in [0.717, 1.165) is 12.8 Å². The summed E-state index contributed by atoms with van der Waals surface area (Å²) in [6.45, 7) is 0. The number of nitrogens with two attached hydrogens (primary N) is 1. The van der Waals surface area contributed by atoms with Crippen LogP contribution in [0.25, 0.3) is 0 Å². The van der Waals surface area contributed by atoms with Gasteiger partial charge in [0.05, 0.1) is 7.11 Å². The number of piperidine rings is 1. The summed E-state index contributed by atoms with van der Waals surface area (Å²) in [4.78, 5) is 20.1. The highest BCUT2D eigenvalue weighted by Crippen LogP contribution is 2.27. The number of rotatable bonds is 3. The molecule has 7 heteroatoms. The van der Waals surface area contributed by atoms with Crippen LogP contribution in [0.15, 0.2) is 6.20 Å². The molecule has 0 aliphatic carbocycles. The first-order valence-corrected chi connectivity index (χ1v) is 6.89. The Morgan fingerprint density at radius 2 is 2.15 bits per heavy atom. The molecule has 0 radical (unpaired) electrons. The lowest BCUT2D eigenvalue weighted by atomic mass is 9.99. The Bertz CT molecular complexity index is 509. The maximum atomic E-state index is 12.3. The minimum atomic E-state index is -0.201. The summed E-state index contributed by atoms with van der Waals surface area (Å²) in [7, 11) is 1.46. The van der Waals surface area contributed by atoms with Crippen LogP contribution < -0.4 is 21.1 Å². The minimum absolute atomic E-state index is 0.0957. The molecule has 2 bridgehead atoms. The molecule has 0 aromatic carbocycles. The van der Waals surface area contributed by atoms with Gasteiger partial charge in [0.2, 0.25) is 11.8 Å². The van der Waals surface area contributed by atoms with Crippen LogP contribution in [-0.2, 0) is 0 Å². The lowest BCUT2D eigenvalue weighted by molar-refractivity contribution is 0.0920. The summed E-state index contributed by atoms with van der Waals surface area (Å²) in [5.41, 5.74) is 5.82. The van der Waals surface area contributed by atoms with Gasteiger partial charge in [-0.1, -0.05) is 0 Å². The Morgan fingerprint density at radius 1 is 1.45 bits per heavy atom.